The van der Waals surface area contributed by atoms with Crippen LogP contribution in [0, 0.1) is 0 Å². The molecule has 32 heavy (non-hydrogen) atoms. The van der Waals surface area contributed by atoms with E-state index < -0.39 is 0 Å². The normalized spacial score (nSPS) is 14.6. The highest BCUT2D eigenvalue weighted by Gasteiger charge is 2.14. The van der Waals surface area contributed by atoms with Crippen LogP contribution in [0.3, 0.4) is 0 Å². The summed E-state index contributed by atoms with van der Waals surface area (Å²) in [6.07, 6.45) is 7.12. The molecule has 4 rings (SSSR count). The standard InChI is InChI=1S/C26H35N5O/c1-3-31(4-2)26(32)21-11-9-20(10-12-21)23-19-24(22-13-15-28-25(22)29-23)27-14-8-18-30-16-6-5-7-17-30/h9-13,15,19H,3-8,14,16-18H2,1-2H3,(H2,27,28,29). The van der Waals surface area contributed by atoms with Gasteiger partial charge < -0.3 is 20.1 Å². The summed E-state index contributed by atoms with van der Waals surface area (Å²) in [5, 5.41) is 4.75. The molecule has 0 saturated carbocycles. The first-order valence-corrected chi connectivity index (χ1v) is 12.0. The number of nitrogens with one attached hydrogen (secondary N) is 2. The van der Waals surface area contributed by atoms with E-state index in [2.05, 4.69) is 27.3 Å². The van der Waals surface area contributed by atoms with E-state index in [1.54, 1.807) is 0 Å². The van der Waals surface area contributed by atoms with Crippen LogP contribution in [-0.2, 0) is 0 Å². The Labute approximate surface area is 191 Å². The van der Waals surface area contributed by atoms with Crippen LogP contribution in [0.15, 0.2) is 42.6 Å². The first kappa shape index (κ1) is 22.3. The zero-order valence-electron chi connectivity index (χ0n) is 19.4. The third-order valence-corrected chi connectivity index (χ3v) is 6.42. The number of rotatable bonds is 9. The summed E-state index contributed by atoms with van der Waals surface area (Å²) in [7, 11) is 0. The lowest BCUT2D eigenvalue weighted by Gasteiger charge is -2.26. The molecular weight excluding hydrogens is 398 g/mol. The number of benzene rings is 1. The van der Waals surface area contributed by atoms with Crippen LogP contribution in [0.5, 0.6) is 0 Å². The summed E-state index contributed by atoms with van der Waals surface area (Å²) in [5.41, 5.74) is 4.61. The number of piperidine rings is 1. The first-order valence-electron chi connectivity index (χ1n) is 12.0. The average Bonchev–Trinajstić information content (AvgIpc) is 3.32. The second-order valence-corrected chi connectivity index (χ2v) is 8.53. The van der Waals surface area contributed by atoms with Gasteiger partial charge in [-0.2, -0.15) is 0 Å². The molecule has 0 unspecified atom stereocenters. The third-order valence-electron chi connectivity index (χ3n) is 6.42. The van der Waals surface area contributed by atoms with Crippen molar-refractivity contribution in [2.45, 2.75) is 39.5 Å². The molecular formula is C26H35N5O. The molecule has 1 fully saturated rings. The van der Waals surface area contributed by atoms with Gasteiger partial charge in [0.05, 0.1) is 5.69 Å². The van der Waals surface area contributed by atoms with Gasteiger partial charge >= 0.3 is 0 Å². The molecule has 0 atom stereocenters. The van der Waals surface area contributed by atoms with Gasteiger partial charge in [0.25, 0.3) is 5.91 Å². The number of aromatic amines is 1. The van der Waals surface area contributed by atoms with Gasteiger partial charge in [-0.3, -0.25) is 4.79 Å². The summed E-state index contributed by atoms with van der Waals surface area (Å²) >= 11 is 0. The average molecular weight is 434 g/mol. The van der Waals surface area contributed by atoms with Crippen molar-refractivity contribution in [3.05, 3.63) is 48.2 Å². The third kappa shape index (κ3) is 5.13. The van der Waals surface area contributed by atoms with Gasteiger partial charge in [-0.1, -0.05) is 18.6 Å². The maximum Gasteiger partial charge on any atom is 0.253 e. The van der Waals surface area contributed by atoms with E-state index >= 15 is 0 Å². The number of anilines is 1. The molecule has 1 aliphatic heterocycles. The lowest BCUT2D eigenvalue weighted by atomic mass is 10.1. The molecule has 1 saturated heterocycles. The summed E-state index contributed by atoms with van der Waals surface area (Å²) in [6.45, 7) is 10.0. The van der Waals surface area contributed by atoms with Crippen LogP contribution in [0.25, 0.3) is 22.3 Å². The predicted molar refractivity (Wildman–Crippen MR) is 132 cm³/mol. The predicted octanol–water partition coefficient (Wildman–Crippen LogP) is 5.00. The van der Waals surface area contributed by atoms with Crippen LogP contribution < -0.4 is 5.32 Å². The number of likely N-dealkylation sites (tertiary alicyclic amines) is 1. The number of aromatic nitrogens is 2. The molecule has 3 aromatic rings. The SMILES string of the molecule is CCN(CC)C(=O)c1ccc(-c2cc(NCCCN3CCCCC3)c3cc[nH]c3n2)cc1. The number of pyridine rings is 1. The number of amides is 1. The van der Waals surface area contributed by atoms with E-state index in [1.165, 1.54) is 32.4 Å². The van der Waals surface area contributed by atoms with E-state index in [0.29, 0.717) is 0 Å². The smallest absolute Gasteiger partial charge is 0.253 e. The Morgan fingerprint density at radius 3 is 2.56 bits per heavy atom. The quantitative estimate of drug-likeness (QED) is 0.466. The number of carbonyl (C=O) groups is 1. The molecule has 1 aromatic carbocycles. The van der Waals surface area contributed by atoms with Gasteiger partial charge in [0.2, 0.25) is 0 Å². The van der Waals surface area contributed by atoms with Crippen molar-refractivity contribution in [2.75, 3.05) is 44.6 Å². The molecule has 2 aromatic heterocycles. The minimum Gasteiger partial charge on any atom is -0.384 e. The fourth-order valence-electron chi connectivity index (χ4n) is 4.52. The molecule has 0 aliphatic carbocycles. The number of hydrogen-bond donors (Lipinski definition) is 2. The zero-order valence-corrected chi connectivity index (χ0v) is 19.4. The molecule has 0 spiro atoms. The zero-order chi connectivity index (χ0) is 22.3. The largest absolute Gasteiger partial charge is 0.384 e. The monoisotopic (exact) mass is 433 g/mol. The molecule has 1 aliphatic rings. The number of H-pyrrole nitrogens is 1. The van der Waals surface area contributed by atoms with Gasteiger partial charge in [-0.05, 0) is 77.0 Å². The van der Waals surface area contributed by atoms with E-state index in [1.807, 2.05) is 49.2 Å². The van der Waals surface area contributed by atoms with Crippen LogP contribution >= 0.6 is 0 Å². The van der Waals surface area contributed by atoms with Crippen molar-refractivity contribution in [3.63, 3.8) is 0 Å². The fourth-order valence-corrected chi connectivity index (χ4v) is 4.52. The Bertz CT molecular complexity index is 1020. The van der Waals surface area contributed by atoms with E-state index in [-0.39, 0.29) is 5.91 Å². The molecule has 0 radical (unpaired) electrons. The second kappa shape index (κ2) is 10.6. The minimum absolute atomic E-state index is 0.0744. The Kier molecular flexibility index (Phi) is 7.43. The van der Waals surface area contributed by atoms with Crippen molar-refractivity contribution in [2.24, 2.45) is 0 Å². The summed E-state index contributed by atoms with van der Waals surface area (Å²) in [6, 6.07) is 12.0. The van der Waals surface area contributed by atoms with E-state index in [0.717, 1.165) is 66.1 Å². The van der Waals surface area contributed by atoms with Crippen molar-refractivity contribution in [1.29, 1.82) is 0 Å². The lowest BCUT2D eigenvalue weighted by Crippen LogP contribution is -2.31. The van der Waals surface area contributed by atoms with Gasteiger partial charge in [-0.15, -0.1) is 0 Å². The number of carbonyl (C=O) groups excluding carboxylic acids is 1. The molecule has 3 heterocycles. The van der Waals surface area contributed by atoms with Crippen LogP contribution in [0.2, 0.25) is 0 Å². The molecule has 6 nitrogen and oxygen atoms in total. The molecule has 2 N–H and O–H groups in total. The lowest BCUT2D eigenvalue weighted by molar-refractivity contribution is 0.0773. The van der Waals surface area contributed by atoms with Gasteiger partial charge in [0, 0.05) is 48.0 Å². The van der Waals surface area contributed by atoms with Crippen LogP contribution in [-0.4, -0.2) is 64.9 Å². The van der Waals surface area contributed by atoms with Crippen molar-refractivity contribution in [1.82, 2.24) is 19.8 Å². The number of nitrogens with zero attached hydrogens (tertiary/aromatic N) is 3. The van der Waals surface area contributed by atoms with Gasteiger partial charge in [0.1, 0.15) is 5.65 Å². The van der Waals surface area contributed by atoms with Crippen LogP contribution in [0.1, 0.15) is 49.9 Å². The van der Waals surface area contributed by atoms with Gasteiger partial charge in [-0.25, -0.2) is 4.98 Å². The Hall–Kier alpha value is -2.86. The topological polar surface area (TPSA) is 64.3 Å². The first-order chi connectivity index (χ1) is 15.7. The van der Waals surface area contributed by atoms with E-state index in [4.69, 9.17) is 4.98 Å². The van der Waals surface area contributed by atoms with Crippen LogP contribution in [0.4, 0.5) is 5.69 Å². The van der Waals surface area contributed by atoms with Crippen molar-refractivity contribution < 1.29 is 4.79 Å². The van der Waals surface area contributed by atoms with Crippen molar-refractivity contribution >= 4 is 22.6 Å². The molecule has 0 bridgehead atoms. The Balaban J connectivity index is 1.46. The summed E-state index contributed by atoms with van der Waals surface area (Å²) < 4.78 is 0. The number of hydrogen-bond acceptors (Lipinski definition) is 4. The maximum absolute atomic E-state index is 12.6. The highest BCUT2D eigenvalue weighted by Crippen LogP contribution is 2.28. The highest BCUT2D eigenvalue weighted by molar-refractivity contribution is 5.95. The van der Waals surface area contributed by atoms with Gasteiger partial charge in [0.15, 0.2) is 0 Å². The Morgan fingerprint density at radius 1 is 1.09 bits per heavy atom. The molecule has 1 amide bonds. The second-order valence-electron chi connectivity index (χ2n) is 8.53. The summed E-state index contributed by atoms with van der Waals surface area (Å²) in [5.74, 6) is 0.0744. The number of fused-ring (bicyclic) bond motifs is 1. The fraction of sp³-hybridized carbons (Fsp3) is 0.462. The van der Waals surface area contributed by atoms with Crippen molar-refractivity contribution in [3.8, 4) is 11.3 Å². The maximum atomic E-state index is 12.6. The van der Waals surface area contributed by atoms with E-state index in [9.17, 15) is 4.79 Å². The molecule has 170 valence electrons. The minimum atomic E-state index is 0.0744. The molecule has 6 heteroatoms. The highest BCUT2D eigenvalue weighted by atomic mass is 16.2. The Morgan fingerprint density at radius 2 is 1.84 bits per heavy atom. The summed E-state index contributed by atoms with van der Waals surface area (Å²) in [4.78, 5) is 25.1.